The van der Waals surface area contributed by atoms with Crippen LogP contribution in [0.4, 0.5) is 5.69 Å². The van der Waals surface area contributed by atoms with E-state index in [4.69, 9.17) is 5.73 Å². The van der Waals surface area contributed by atoms with Gasteiger partial charge in [0.1, 0.15) is 0 Å². The lowest BCUT2D eigenvalue weighted by Crippen LogP contribution is -1.94. The molecule has 0 unspecified atom stereocenters. The van der Waals surface area contributed by atoms with Gasteiger partial charge in [0.15, 0.2) is 0 Å². The maximum atomic E-state index is 5.77. The van der Waals surface area contributed by atoms with Crippen LogP contribution in [0.1, 0.15) is 17.0 Å². The first-order valence-electron chi connectivity index (χ1n) is 4.72. The predicted octanol–water partition coefficient (Wildman–Crippen LogP) is 2.74. The summed E-state index contributed by atoms with van der Waals surface area (Å²) in [6.45, 7) is 6.15. The summed E-state index contributed by atoms with van der Waals surface area (Å²) < 4.78 is 0. The minimum atomic E-state index is 0.811. The van der Waals surface area contributed by atoms with Gasteiger partial charge >= 0.3 is 0 Å². The van der Waals surface area contributed by atoms with Gasteiger partial charge in [-0.25, -0.2) is 0 Å². The first-order valence-corrected chi connectivity index (χ1v) is 4.72. The Bertz CT molecular complexity index is 501. The zero-order valence-corrected chi connectivity index (χ0v) is 8.76. The first-order chi connectivity index (χ1) is 6.59. The molecule has 2 heteroatoms. The van der Waals surface area contributed by atoms with Crippen molar-refractivity contribution in [2.45, 2.75) is 20.8 Å². The van der Waals surface area contributed by atoms with Crippen LogP contribution in [0.2, 0.25) is 0 Å². The molecule has 0 aliphatic carbocycles. The molecule has 0 radical (unpaired) electrons. The van der Waals surface area contributed by atoms with Gasteiger partial charge in [0.2, 0.25) is 0 Å². The molecule has 14 heavy (non-hydrogen) atoms. The Morgan fingerprint density at radius 1 is 1.00 bits per heavy atom. The van der Waals surface area contributed by atoms with Crippen LogP contribution in [0.5, 0.6) is 0 Å². The number of pyridine rings is 1. The van der Waals surface area contributed by atoms with E-state index in [2.05, 4.69) is 11.9 Å². The number of hydrogen-bond acceptors (Lipinski definition) is 2. The van der Waals surface area contributed by atoms with E-state index in [0.29, 0.717) is 0 Å². The van der Waals surface area contributed by atoms with E-state index < -0.39 is 0 Å². The van der Waals surface area contributed by atoms with Gasteiger partial charge < -0.3 is 5.73 Å². The molecule has 0 spiro atoms. The Morgan fingerprint density at radius 3 is 2.43 bits per heavy atom. The van der Waals surface area contributed by atoms with E-state index in [9.17, 15) is 0 Å². The van der Waals surface area contributed by atoms with Crippen LogP contribution < -0.4 is 5.73 Å². The highest BCUT2D eigenvalue weighted by Crippen LogP contribution is 2.24. The predicted molar refractivity (Wildman–Crippen MR) is 60.4 cm³/mol. The molecule has 72 valence electrons. The molecule has 2 nitrogen and oxygen atoms in total. The van der Waals surface area contributed by atoms with Crippen LogP contribution in [0.15, 0.2) is 18.2 Å². The third-order valence-corrected chi connectivity index (χ3v) is 2.72. The van der Waals surface area contributed by atoms with E-state index in [1.807, 2.05) is 32.0 Å². The number of benzene rings is 1. The molecule has 0 saturated carbocycles. The Kier molecular flexibility index (Phi) is 1.92. The quantitative estimate of drug-likeness (QED) is 0.642. The normalized spacial score (nSPS) is 10.8. The van der Waals surface area contributed by atoms with Gasteiger partial charge in [-0.1, -0.05) is 6.07 Å². The van der Waals surface area contributed by atoms with Crippen LogP contribution in [0.25, 0.3) is 10.8 Å². The number of nitrogen functional groups attached to an aromatic ring is 1. The molecule has 0 aliphatic rings. The number of aryl methyl sites for hydroxylation is 3. The molecule has 0 amide bonds. The summed E-state index contributed by atoms with van der Waals surface area (Å²) in [6.07, 6.45) is 0. The second-order valence-electron chi connectivity index (χ2n) is 3.71. The second-order valence-corrected chi connectivity index (χ2v) is 3.71. The highest BCUT2D eigenvalue weighted by Gasteiger charge is 2.05. The van der Waals surface area contributed by atoms with E-state index in [1.54, 1.807) is 0 Å². The van der Waals surface area contributed by atoms with Crippen molar-refractivity contribution in [2.75, 3.05) is 5.73 Å². The van der Waals surface area contributed by atoms with Crippen LogP contribution in [-0.4, -0.2) is 4.98 Å². The number of fused-ring (bicyclic) bond motifs is 1. The lowest BCUT2D eigenvalue weighted by atomic mass is 10.0. The Hall–Kier alpha value is -1.57. The molecule has 2 aromatic rings. The molecular formula is C12H14N2. The molecule has 0 fully saturated rings. The standard InChI is InChI=1S/C12H14N2/c1-7-8(2)14-9(3)11-5-4-10(13)6-12(7)11/h4-6H,13H2,1-3H3. The van der Waals surface area contributed by atoms with Crippen molar-refractivity contribution in [1.82, 2.24) is 4.98 Å². The Balaban J connectivity index is 2.95. The second kappa shape index (κ2) is 2.98. The lowest BCUT2D eigenvalue weighted by Gasteiger charge is -2.08. The van der Waals surface area contributed by atoms with Crippen molar-refractivity contribution >= 4 is 16.5 Å². The number of nitrogens with two attached hydrogens (primary N) is 1. The van der Waals surface area contributed by atoms with Gasteiger partial charge in [-0.2, -0.15) is 0 Å². The van der Waals surface area contributed by atoms with Gasteiger partial charge in [-0.05, 0) is 43.9 Å². The Labute approximate surface area is 83.8 Å². The summed E-state index contributed by atoms with van der Waals surface area (Å²) in [5.41, 5.74) is 9.96. The molecule has 0 bridgehead atoms. The third kappa shape index (κ3) is 1.23. The van der Waals surface area contributed by atoms with Crippen molar-refractivity contribution in [3.05, 3.63) is 35.2 Å². The van der Waals surface area contributed by atoms with E-state index >= 15 is 0 Å². The Morgan fingerprint density at radius 2 is 1.71 bits per heavy atom. The van der Waals surface area contributed by atoms with Crippen molar-refractivity contribution in [1.29, 1.82) is 0 Å². The monoisotopic (exact) mass is 186 g/mol. The summed E-state index contributed by atoms with van der Waals surface area (Å²) in [7, 11) is 0. The van der Waals surface area contributed by atoms with Crippen molar-refractivity contribution in [3.8, 4) is 0 Å². The maximum Gasteiger partial charge on any atom is 0.0454 e. The number of nitrogens with zero attached hydrogens (tertiary/aromatic N) is 1. The third-order valence-electron chi connectivity index (χ3n) is 2.72. The average molecular weight is 186 g/mol. The molecule has 1 aromatic carbocycles. The molecule has 1 aromatic heterocycles. The minimum absolute atomic E-state index is 0.811. The first kappa shape index (κ1) is 9.00. The van der Waals surface area contributed by atoms with Gasteiger partial charge in [-0.3, -0.25) is 4.98 Å². The zero-order chi connectivity index (χ0) is 10.3. The molecular weight excluding hydrogens is 172 g/mol. The van der Waals surface area contributed by atoms with Gasteiger partial charge in [0, 0.05) is 22.5 Å². The topological polar surface area (TPSA) is 38.9 Å². The van der Waals surface area contributed by atoms with Gasteiger partial charge in [-0.15, -0.1) is 0 Å². The molecule has 2 N–H and O–H groups in total. The van der Waals surface area contributed by atoms with E-state index in [-0.39, 0.29) is 0 Å². The molecule has 0 aliphatic heterocycles. The van der Waals surface area contributed by atoms with Crippen molar-refractivity contribution in [2.24, 2.45) is 0 Å². The molecule has 0 atom stereocenters. The van der Waals surface area contributed by atoms with Crippen LogP contribution in [0, 0.1) is 20.8 Å². The zero-order valence-electron chi connectivity index (χ0n) is 8.76. The largest absolute Gasteiger partial charge is 0.399 e. The van der Waals surface area contributed by atoms with E-state index in [1.165, 1.54) is 16.3 Å². The fourth-order valence-corrected chi connectivity index (χ4v) is 1.78. The minimum Gasteiger partial charge on any atom is -0.399 e. The molecule has 0 saturated heterocycles. The summed E-state index contributed by atoms with van der Waals surface area (Å²) in [4.78, 5) is 4.49. The summed E-state index contributed by atoms with van der Waals surface area (Å²) in [5, 5.41) is 2.41. The van der Waals surface area contributed by atoms with Crippen molar-refractivity contribution < 1.29 is 0 Å². The van der Waals surface area contributed by atoms with Crippen LogP contribution in [-0.2, 0) is 0 Å². The van der Waals surface area contributed by atoms with Crippen LogP contribution >= 0.6 is 0 Å². The lowest BCUT2D eigenvalue weighted by molar-refractivity contribution is 1.12. The van der Waals surface area contributed by atoms with Gasteiger partial charge in [0.05, 0.1) is 0 Å². The maximum absolute atomic E-state index is 5.77. The van der Waals surface area contributed by atoms with Crippen molar-refractivity contribution in [3.63, 3.8) is 0 Å². The number of hydrogen-bond donors (Lipinski definition) is 1. The number of rotatable bonds is 0. The fraction of sp³-hybridized carbons (Fsp3) is 0.250. The SMILES string of the molecule is Cc1nc(C)c2ccc(N)cc2c1C. The average Bonchev–Trinajstić information content (AvgIpc) is 2.14. The fourth-order valence-electron chi connectivity index (χ4n) is 1.78. The smallest absolute Gasteiger partial charge is 0.0454 e. The van der Waals surface area contributed by atoms with Crippen LogP contribution in [0.3, 0.4) is 0 Å². The highest BCUT2D eigenvalue weighted by molar-refractivity contribution is 5.90. The van der Waals surface area contributed by atoms with Gasteiger partial charge in [0.25, 0.3) is 0 Å². The summed E-state index contributed by atoms with van der Waals surface area (Å²) in [5.74, 6) is 0. The summed E-state index contributed by atoms with van der Waals surface area (Å²) in [6, 6.07) is 5.98. The molecule has 1 heterocycles. The summed E-state index contributed by atoms with van der Waals surface area (Å²) >= 11 is 0. The number of anilines is 1. The van der Waals surface area contributed by atoms with E-state index in [0.717, 1.165) is 17.1 Å². The highest BCUT2D eigenvalue weighted by atomic mass is 14.7. The molecule has 2 rings (SSSR count). The number of aromatic nitrogens is 1.